The van der Waals surface area contributed by atoms with E-state index in [1.165, 1.54) is 7.11 Å². The van der Waals surface area contributed by atoms with Gasteiger partial charge in [-0.15, -0.1) is 0 Å². The number of rotatable bonds is 4. The Morgan fingerprint density at radius 2 is 2.12 bits per heavy atom. The molecule has 1 N–H and O–H groups in total. The number of ether oxygens (including phenoxy) is 1. The van der Waals surface area contributed by atoms with Gasteiger partial charge in [-0.25, -0.2) is 0 Å². The molecule has 0 spiro atoms. The van der Waals surface area contributed by atoms with Crippen molar-refractivity contribution in [2.24, 2.45) is 0 Å². The Morgan fingerprint density at radius 1 is 1.41 bits per heavy atom. The maximum absolute atomic E-state index is 11.0. The molecule has 1 aliphatic carbocycles. The summed E-state index contributed by atoms with van der Waals surface area (Å²) < 4.78 is 5.01. The molecule has 0 fully saturated rings. The maximum Gasteiger partial charge on any atom is 0.333 e. The molecule has 5 nitrogen and oxygen atoms in total. The monoisotopic (exact) mass is 234 g/mol. The van der Waals surface area contributed by atoms with Crippen molar-refractivity contribution in [2.45, 2.75) is 18.9 Å². The summed E-state index contributed by atoms with van der Waals surface area (Å²) in [4.78, 5) is 10.6. The lowest BCUT2D eigenvalue weighted by Crippen LogP contribution is -2.16. The number of nitro groups is 1. The number of nitro benzene ring substituents is 1. The van der Waals surface area contributed by atoms with Crippen LogP contribution in [0.2, 0.25) is 0 Å². The van der Waals surface area contributed by atoms with Crippen molar-refractivity contribution in [3.63, 3.8) is 0 Å². The highest BCUT2D eigenvalue weighted by molar-refractivity contribution is 5.68. The van der Waals surface area contributed by atoms with Crippen molar-refractivity contribution in [1.82, 2.24) is 0 Å². The largest absolute Gasteiger partial charge is 0.490 e. The standard InChI is InChI=1S/C12H14N2O3/c1-17-11-8-4-7-10(12(11)14(15)16)13-9-5-2-3-6-9/h2-4,7-9,13H,5-6H2,1H3. The van der Waals surface area contributed by atoms with Gasteiger partial charge in [0.15, 0.2) is 5.75 Å². The zero-order valence-corrected chi connectivity index (χ0v) is 9.55. The molecule has 5 heteroatoms. The van der Waals surface area contributed by atoms with Crippen molar-refractivity contribution in [3.8, 4) is 5.75 Å². The highest BCUT2D eigenvalue weighted by atomic mass is 16.6. The fourth-order valence-corrected chi connectivity index (χ4v) is 1.95. The second kappa shape index (κ2) is 4.86. The molecule has 1 aromatic carbocycles. The van der Waals surface area contributed by atoms with Crippen LogP contribution in [-0.4, -0.2) is 18.1 Å². The number of benzene rings is 1. The summed E-state index contributed by atoms with van der Waals surface area (Å²) in [7, 11) is 1.43. The lowest BCUT2D eigenvalue weighted by Gasteiger charge is -2.14. The molecule has 0 radical (unpaired) electrons. The highest BCUT2D eigenvalue weighted by Crippen LogP contribution is 2.35. The van der Waals surface area contributed by atoms with Crippen LogP contribution in [0.15, 0.2) is 30.4 Å². The lowest BCUT2D eigenvalue weighted by atomic mass is 10.2. The summed E-state index contributed by atoms with van der Waals surface area (Å²) in [5.41, 5.74) is 0.518. The third-order valence-electron chi connectivity index (χ3n) is 2.77. The molecule has 90 valence electrons. The Kier molecular flexibility index (Phi) is 3.27. The van der Waals surface area contributed by atoms with Gasteiger partial charge in [0.05, 0.1) is 12.0 Å². The average molecular weight is 234 g/mol. The minimum absolute atomic E-state index is 0.00176. The number of hydrogen-bond donors (Lipinski definition) is 1. The summed E-state index contributed by atoms with van der Waals surface area (Å²) in [5.74, 6) is 0.283. The second-order valence-electron chi connectivity index (χ2n) is 3.90. The van der Waals surface area contributed by atoms with Gasteiger partial charge >= 0.3 is 5.69 Å². The van der Waals surface area contributed by atoms with Gasteiger partial charge in [0.1, 0.15) is 5.69 Å². The van der Waals surface area contributed by atoms with Crippen LogP contribution in [0.1, 0.15) is 12.8 Å². The summed E-state index contributed by atoms with van der Waals surface area (Å²) in [6, 6.07) is 5.28. The van der Waals surface area contributed by atoms with Crippen molar-refractivity contribution >= 4 is 11.4 Å². The van der Waals surface area contributed by atoms with E-state index in [1.807, 2.05) is 0 Å². The molecular weight excluding hydrogens is 220 g/mol. The van der Waals surface area contributed by atoms with Gasteiger partial charge in [0, 0.05) is 6.04 Å². The average Bonchev–Trinajstić information content (AvgIpc) is 2.81. The molecule has 0 aromatic heterocycles. The molecule has 17 heavy (non-hydrogen) atoms. The number of para-hydroxylation sites is 1. The summed E-state index contributed by atoms with van der Waals surface area (Å²) in [6.45, 7) is 0. The van der Waals surface area contributed by atoms with Crippen molar-refractivity contribution < 1.29 is 9.66 Å². The van der Waals surface area contributed by atoms with Gasteiger partial charge in [-0.1, -0.05) is 18.2 Å². The topological polar surface area (TPSA) is 64.4 Å². The first-order valence-corrected chi connectivity index (χ1v) is 5.45. The fourth-order valence-electron chi connectivity index (χ4n) is 1.95. The van der Waals surface area contributed by atoms with Gasteiger partial charge in [0.2, 0.25) is 0 Å². The van der Waals surface area contributed by atoms with E-state index in [0.29, 0.717) is 5.69 Å². The van der Waals surface area contributed by atoms with Crippen LogP contribution < -0.4 is 10.1 Å². The number of nitrogens with zero attached hydrogens (tertiary/aromatic N) is 1. The predicted molar refractivity (Wildman–Crippen MR) is 65.4 cm³/mol. The van der Waals surface area contributed by atoms with Crippen LogP contribution in [0.3, 0.4) is 0 Å². The Balaban J connectivity index is 2.28. The Labute approximate surface area is 99.2 Å². The number of anilines is 1. The van der Waals surface area contributed by atoms with E-state index in [4.69, 9.17) is 4.74 Å². The first-order valence-electron chi connectivity index (χ1n) is 5.45. The Morgan fingerprint density at radius 3 is 2.71 bits per heavy atom. The second-order valence-corrected chi connectivity index (χ2v) is 3.90. The number of methoxy groups -OCH3 is 1. The summed E-state index contributed by atoms with van der Waals surface area (Å²) in [6.07, 6.45) is 5.94. The van der Waals surface area contributed by atoms with Crippen molar-refractivity contribution in [1.29, 1.82) is 0 Å². The molecule has 0 heterocycles. The lowest BCUT2D eigenvalue weighted by molar-refractivity contribution is -0.384. The first-order chi connectivity index (χ1) is 8.22. The minimum Gasteiger partial charge on any atom is -0.490 e. The third kappa shape index (κ3) is 2.38. The summed E-state index contributed by atoms with van der Waals surface area (Å²) in [5, 5.41) is 14.2. The molecule has 0 amide bonds. The number of nitrogens with one attached hydrogen (secondary N) is 1. The maximum atomic E-state index is 11.0. The number of hydrogen-bond acceptors (Lipinski definition) is 4. The molecule has 1 aliphatic rings. The Bertz CT molecular complexity index is 449. The SMILES string of the molecule is COc1cccc(NC2CC=CC2)c1[N+](=O)[O-]. The van der Waals surface area contributed by atoms with E-state index in [9.17, 15) is 10.1 Å². The van der Waals surface area contributed by atoms with E-state index in [2.05, 4.69) is 17.5 Å². The molecule has 2 rings (SSSR count). The molecule has 0 bridgehead atoms. The quantitative estimate of drug-likeness (QED) is 0.494. The molecule has 0 saturated carbocycles. The normalized spacial score (nSPS) is 14.9. The highest BCUT2D eigenvalue weighted by Gasteiger charge is 2.22. The fraction of sp³-hybridized carbons (Fsp3) is 0.333. The smallest absolute Gasteiger partial charge is 0.333 e. The minimum atomic E-state index is -0.413. The van der Waals surface area contributed by atoms with Gasteiger partial charge in [0.25, 0.3) is 0 Å². The first kappa shape index (κ1) is 11.4. The van der Waals surface area contributed by atoms with Crippen LogP contribution >= 0.6 is 0 Å². The van der Waals surface area contributed by atoms with Crippen LogP contribution in [0.4, 0.5) is 11.4 Å². The third-order valence-corrected chi connectivity index (χ3v) is 2.77. The van der Waals surface area contributed by atoms with Gasteiger partial charge < -0.3 is 10.1 Å². The van der Waals surface area contributed by atoms with Crippen LogP contribution in [0.5, 0.6) is 5.75 Å². The van der Waals surface area contributed by atoms with E-state index in [-0.39, 0.29) is 17.5 Å². The van der Waals surface area contributed by atoms with Crippen LogP contribution in [0, 0.1) is 10.1 Å². The molecule has 0 unspecified atom stereocenters. The molecule has 0 saturated heterocycles. The van der Waals surface area contributed by atoms with Crippen LogP contribution in [-0.2, 0) is 0 Å². The molecule has 0 atom stereocenters. The molecule has 0 aliphatic heterocycles. The van der Waals surface area contributed by atoms with Crippen LogP contribution in [0.25, 0.3) is 0 Å². The zero-order valence-electron chi connectivity index (χ0n) is 9.55. The molecule has 1 aromatic rings. The van der Waals surface area contributed by atoms with Gasteiger partial charge in [-0.3, -0.25) is 10.1 Å². The zero-order chi connectivity index (χ0) is 12.3. The Hall–Kier alpha value is -2.04. The predicted octanol–water partition coefficient (Wildman–Crippen LogP) is 2.73. The van der Waals surface area contributed by atoms with Gasteiger partial charge in [-0.2, -0.15) is 0 Å². The van der Waals surface area contributed by atoms with Gasteiger partial charge in [-0.05, 0) is 25.0 Å². The summed E-state index contributed by atoms with van der Waals surface area (Å²) >= 11 is 0. The van der Waals surface area contributed by atoms with E-state index in [0.717, 1.165) is 12.8 Å². The van der Waals surface area contributed by atoms with Crippen molar-refractivity contribution in [3.05, 3.63) is 40.5 Å². The van der Waals surface area contributed by atoms with E-state index in [1.54, 1.807) is 18.2 Å². The van der Waals surface area contributed by atoms with Crippen molar-refractivity contribution in [2.75, 3.05) is 12.4 Å². The molecular formula is C12H14N2O3. The van der Waals surface area contributed by atoms with E-state index >= 15 is 0 Å². The van der Waals surface area contributed by atoms with E-state index < -0.39 is 4.92 Å².